The number of hydrogen-bond donors (Lipinski definition) is 2. The Bertz CT molecular complexity index is 294. The zero-order valence-electron chi connectivity index (χ0n) is 6.12. The topological polar surface area (TPSA) is 76.2 Å². The number of rotatable bonds is 2. The van der Waals surface area contributed by atoms with Crippen LogP contribution in [0.25, 0.3) is 0 Å². The van der Waals surface area contributed by atoms with Crippen LogP contribution in [0.15, 0.2) is 16.6 Å². The van der Waals surface area contributed by atoms with E-state index in [1.165, 1.54) is 0 Å². The molecule has 4 nitrogen and oxygen atoms in total. The first-order chi connectivity index (χ1) is 5.58. The number of aromatic nitrogens is 1. The van der Waals surface area contributed by atoms with Crippen LogP contribution in [0, 0.1) is 0 Å². The average molecular weight is 231 g/mol. The summed E-state index contributed by atoms with van der Waals surface area (Å²) >= 11 is 3.19. The van der Waals surface area contributed by atoms with Crippen molar-refractivity contribution in [3.8, 4) is 0 Å². The van der Waals surface area contributed by atoms with Crippen LogP contribution in [0.4, 0.5) is 5.82 Å². The molecular formula is C7H7BrN2O2. The predicted octanol–water partition coefficient (Wildman–Crippen LogP) is 1.05. The number of carboxylic acid groups (broad SMARTS) is 1. The molecule has 0 fully saturated rings. The lowest BCUT2D eigenvalue weighted by atomic mass is 10.3. The van der Waals surface area contributed by atoms with E-state index in [0.29, 0.717) is 11.5 Å². The molecule has 0 spiro atoms. The maximum Gasteiger partial charge on any atom is 0.309 e. The Morgan fingerprint density at radius 2 is 2.33 bits per heavy atom. The molecule has 64 valence electrons. The lowest BCUT2D eigenvalue weighted by molar-refractivity contribution is -0.136. The van der Waals surface area contributed by atoms with Gasteiger partial charge in [-0.05, 0) is 12.1 Å². The molecule has 0 radical (unpaired) electrons. The number of nitrogens with zero attached hydrogens (tertiary/aromatic N) is 1. The fraction of sp³-hybridized carbons (Fsp3) is 0.143. The number of anilines is 1. The van der Waals surface area contributed by atoms with Gasteiger partial charge in [-0.2, -0.15) is 0 Å². The van der Waals surface area contributed by atoms with Crippen LogP contribution >= 0.6 is 15.9 Å². The number of halogens is 1. The van der Waals surface area contributed by atoms with Crippen LogP contribution in [-0.4, -0.2) is 16.1 Å². The Labute approximate surface area is 77.5 Å². The molecule has 3 N–H and O–H groups in total. The molecule has 0 saturated heterocycles. The Morgan fingerprint density at radius 3 is 2.83 bits per heavy atom. The molecule has 1 aromatic rings. The van der Waals surface area contributed by atoms with Gasteiger partial charge in [0, 0.05) is 4.47 Å². The van der Waals surface area contributed by atoms with E-state index in [9.17, 15) is 4.79 Å². The van der Waals surface area contributed by atoms with Crippen molar-refractivity contribution in [3.63, 3.8) is 0 Å². The fourth-order valence-electron chi connectivity index (χ4n) is 0.818. The predicted molar refractivity (Wildman–Crippen MR) is 47.7 cm³/mol. The summed E-state index contributed by atoms with van der Waals surface area (Å²) in [4.78, 5) is 14.1. The first-order valence-electron chi connectivity index (χ1n) is 3.21. The lowest BCUT2D eigenvalue weighted by Gasteiger charge is -1.99. The minimum atomic E-state index is -0.917. The van der Waals surface area contributed by atoms with Crippen LogP contribution in [0.1, 0.15) is 5.69 Å². The molecule has 1 heterocycles. The van der Waals surface area contributed by atoms with Gasteiger partial charge in [-0.15, -0.1) is 0 Å². The minimum absolute atomic E-state index is 0.108. The molecular weight excluding hydrogens is 224 g/mol. The number of carbonyl (C=O) groups is 1. The summed E-state index contributed by atoms with van der Waals surface area (Å²) in [5.41, 5.74) is 5.85. The molecule has 0 saturated carbocycles. The van der Waals surface area contributed by atoms with Crippen molar-refractivity contribution in [2.24, 2.45) is 0 Å². The second kappa shape index (κ2) is 3.53. The Kier molecular flexibility index (Phi) is 2.65. The van der Waals surface area contributed by atoms with E-state index in [1.807, 2.05) is 0 Å². The van der Waals surface area contributed by atoms with E-state index in [1.54, 1.807) is 12.1 Å². The summed E-state index contributed by atoms with van der Waals surface area (Å²) in [6.45, 7) is 0. The summed E-state index contributed by atoms with van der Waals surface area (Å²) in [7, 11) is 0. The van der Waals surface area contributed by atoms with Crippen molar-refractivity contribution in [3.05, 3.63) is 22.3 Å². The number of carboxylic acids is 1. The summed E-state index contributed by atoms with van der Waals surface area (Å²) in [6.07, 6.45) is -0.108. The lowest BCUT2D eigenvalue weighted by Crippen LogP contribution is -2.03. The first-order valence-corrected chi connectivity index (χ1v) is 4.01. The van der Waals surface area contributed by atoms with Crippen LogP contribution < -0.4 is 5.73 Å². The highest BCUT2D eigenvalue weighted by molar-refractivity contribution is 9.10. The summed E-state index contributed by atoms with van der Waals surface area (Å²) in [5, 5.41) is 8.45. The molecule has 0 unspecified atom stereocenters. The van der Waals surface area contributed by atoms with E-state index < -0.39 is 5.97 Å². The quantitative estimate of drug-likeness (QED) is 0.797. The third-order valence-electron chi connectivity index (χ3n) is 1.20. The van der Waals surface area contributed by atoms with Gasteiger partial charge < -0.3 is 10.8 Å². The van der Waals surface area contributed by atoms with Crippen molar-refractivity contribution in [2.75, 3.05) is 5.73 Å². The van der Waals surface area contributed by atoms with Crippen molar-refractivity contribution in [1.82, 2.24) is 4.98 Å². The van der Waals surface area contributed by atoms with Crippen LogP contribution in [0.5, 0.6) is 0 Å². The van der Waals surface area contributed by atoms with Gasteiger partial charge in [0.1, 0.15) is 5.82 Å². The number of nitrogens with two attached hydrogens (primary N) is 1. The second-order valence-electron chi connectivity index (χ2n) is 2.27. The monoisotopic (exact) mass is 230 g/mol. The zero-order chi connectivity index (χ0) is 9.14. The Morgan fingerprint density at radius 1 is 1.67 bits per heavy atom. The van der Waals surface area contributed by atoms with Crippen LogP contribution in [-0.2, 0) is 11.2 Å². The van der Waals surface area contributed by atoms with Gasteiger partial charge in [-0.3, -0.25) is 4.79 Å². The molecule has 0 aliphatic carbocycles. The van der Waals surface area contributed by atoms with E-state index in [0.717, 1.165) is 4.47 Å². The van der Waals surface area contributed by atoms with E-state index in [2.05, 4.69) is 20.9 Å². The van der Waals surface area contributed by atoms with Crippen molar-refractivity contribution in [1.29, 1.82) is 0 Å². The molecule has 1 rings (SSSR count). The van der Waals surface area contributed by atoms with Crippen LogP contribution in [0.3, 0.4) is 0 Å². The highest BCUT2D eigenvalue weighted by Crippen LogP contribution is 2.14. The van der Waals surface area contributed by atoms with Crippen molar-refractivity contribution in [2.45, 2.75) is 6.42 Å². The molecule has 0 atom stereocenters. The second-order valence-corrected chi connectivity index (χ2v) is 3.19. The summed E-state index contributed by atoms with van der Waals surface area (Å²) < 4.78 is 0.742. The summed E-state index contributed by atoms with van der Waals surface area (Å²) in [6, 6.07) is 3.25. The SMILES string of the molecule is Nc1cc(Br)cc(CC(=O)O)n1. The molecule has 0 aromatic carbocycles. The average Bonchev–Trinajstić information content (AvgIpc) is 1.81. The molecule has 0 aliphatic rings. The molecule has 0 bridgehead atoms. The summed E-state index contributed by atoms with van der Waals surface area (Å²) in [5.74, 6) is -0.597. The highest BCUT2D eigenvalue weighted by atomic mass is 79.9. The third-order valence-corrected chi connectivity index (χ3v) is 1.65. The van der Waals surface area contributed by atoms with Crippen LogP contribution in [0.2, 0.25) is 0 Å². The van der Waals surface area contributed by atoms with Gasteiger partial charge in [0.25, 0.3) is 0 Å². The van der Waals surface area contributed by atoms with Gasteiger partial charge in [0.15, 0.2) is 0 Å². The fourth-order valence-corrected chi connectivity index (χ4v) is 1.32. The van der Waals surface area contributed by atoms with E-state index >= 15 is 0 Å². The van der Waals surface area contributed by atoms with Gasteiger partial charge in [-0.1, -0.05) is 15.9 Å². The number of nitrogen functional groups attached to an aromatic ring is 1. The molecule has 0 amide bonds. The third kappa shape index (κ3) is 2.50. The molecule has 5 heteroatoms. The van der Waals surface area contributed by atoms with Crippen molar-refractivity contribution >= 4 is 27.7 Å². The van der Waals surface area contributed by atoms with Crippen molar-refractivity contribution < 1.29 is 9.90 Å². The van der Waals surface area contributed by atoms with Gasteiger partial charge >= 0.3 is 5.97 Å². The number of hydrogen-bond acceptors (Lipinski definition) is 3. The standard InChI is InChI=1S/C7H7BrN2O2/c8-4-1-5(3-7(11)12)10-6(9)2-4/h1-2H,3H2,(H2,9,10)(H,11,12). The number of aliphatic carboxylic acids is 1. The minimum Gasteiger partial charge on any atom is -0.481 e. The van der Waals surface area contributed by atoms with Gasteiger partial charge in [-0.25, -0.2) is 4.98 Å². The number of pyridine rings is 1. The Balaban J connectivity index is 2.93. The molecule has 0 aliphatic heterocycles. The van der Waals surface area contributed by atoms with E-state index in [-0.39, 0.29) is 6.42 Å². The molecule has 12 heavy (non-hydrogen) atoms. The largest absolute Gasteiger partial charge is 0.481 e. The maximum atomic E-state index is 10.3. The normalized spacial score (nSPS) is 9.75. The Hall–Kier alpha value is -1.10. The molecule has 1 aromatic heterocycles. The van der Waals surface area contributed by atoms with E-state index in [4.69, 9.17) is 10.8 Å². The highest BCUT2D eigenvalue weighted by Gasteiger charge is 2.03. The zero-order valence-corrected chi connectivity index (χ0v) is 7.71. The smallest absolute Gasteiger partial charge is 0.309 e. The van der Waals surface area contributed by atoms with Gasteiger partial charge in [0.2, 0.25) is 0 Å². The van der Waals surface area contributed by atoms with Gasteiger partial charge in [0.05, 0.1) is 12.1 Å². The first kappa shape index (κ1) is 8.99. The maximum absolute atomic E-state index is 10.3.